The van der Waals surface area contributed by atoms with E-state index in [1.807, 2.05) is 0 Å². The quantitative estimate of drug-likeness (QED) is 0.155. The Morgan fingerprint density at radius 1 is 0.964 bits per heavy atom. The van der Waals surface area contributed by atoms with Crippen LogP contribution in [0.3, 0.4) is 0 Å². The summed E-state index contributed by atoms with van der Waals surface area (Å²) < 4.78 is 0. The van der Waals surface area contributed by atoms with Crippen molar-refractivity contribution in [3.8, 4) is 0 Å². The normalized spacial score (nSPS) is 16.4. The number of carboxylic acids is 1. The summed E-state index contributed by atoms with van der Waals surface area (Å²) in [4.78, 5) is 47.8. The highest BCUT2D eigenvalue weighted by molar-refractivity contribution is 7.80. The summed E-state index contributed by atoms with van der Waals surface area (Å²) >= 11 is 3.83. The maximum Gasteiger partial charge on any atom is 0.327 e. The molecule has 8 N–H and O–H groups in total. The summed E-state index contributed by atoms with van der Waals surface area (Å²) in [5.41, 5.74) is 5.43. The van der Waals surface area contributed by atoms with Gasteiger partial charge in [0.15, 0.2) is 0 Å². The molecule has 3 amide bonds. The van der Waals surface area contributed by atoms with Crippen molar-refractivity contribution < 1.29 is 34.5 Å². The summed E-state index contributed by atoms with van der Waals surface area (Å²) in [6, 6.07) is -5.04. The SMILES string of the molecule is CC(C)CC(NC(=O)C(N)CO)C(=O)NC(C(=O)NC(CS)C(=O)O)C(C)O. The second-order valence-electron chi connectivity index (χ2n) is 6.79. The fourth-order valence-electron chi connectivity index (χ4n) is 2.17. The van der Waals surface area contributed by atoms with Crippen LogP contribution < -0.4 is 21.7 Å². The van der Waals surface area contributed by atoms with Gasteiger partial charge in [0, 0.05) is 5.75 Å². The first-order valence-corrected chi connectivity index (χ1v) is 9.37. The molecule has 0 radical (unpaired) electrons. The number of amides is 3. The van der Waals surface area contributed by atoms with Gasteiger partial charge in [-0.25, -0.2) is 4.79 Å². The van der Waals surface area contributed by atoms with Crippen LogP contribution in [0.5, 0.6) is 0 Å². The zero-order valence-electron chi connectivity index (χ0n) is 16.1. The molecule has 0 aromatic rings. The van der Waals surface area contributed by atoms with Crippen molar-refractivity contribution in [1.82, 2.24) is 16.0 Å². The molecule has 0 fully saturated rings. The molecular formula is C16H30N4O7S. The first kappa shape index (κ1) is 26.1. The number of thiol groups is 1. The lowest BCUT2D eigenvalue weighted by molar-refractivity contribution is -0.142. The number of aliphatic hydroxyl groups excluding tert-OH is 2. The maximum atomic E-state index is 12.6. The Morgan fingerprint density at radius 2 is 1.50 bits per heavy atom. The van der Waals surface area contributed by atoms with Crippen LogP contribution in [-0.2, 0) is 19.2 Å². The fraction of sp³-hybridized carbons (Fsp3) is 0.750. The van der Waals surface area contributed by atoms with Gasteiger partial charge in [-0.3, -0.25) is 14.4 Å². The monoisotopic (exact) mass is 422 g/mol. The molecule has 0 bridgehead atoms. The minimum Gasteiger partial charge on any atom is -0.480 e. The highest BCUT2D eigenvalue weighted by atomic mass is 32.1. The number of carboxylic acid groups (broad SMARTS) is 1. The van der Waals surface area contributed by atoms with E-state index in [-0.39, 0.29) is 18.1 Å². The number of aliphatic carboxylic acids is 1. The van der Waals surface area contributed by atoms with Gasteiger partial charge < -0.3 is 37.0 Å². The zero-order valence-corrected chi connectivity index (χ0v) is 17.0. The van der Waals surface area contributed by atoms with E-state index in [1.54, 1.807) is 13.8 Å². The lowest BCUT2D eigenvalue weighted by Crippen LogP contribution is -2.60. The summed E-state index contributed by atoms with van der Waals surface area (Å²) in [6.45, 7) is 4.25. The largest absolute Gasteiger partial charge is 0.480 e. The van der Waals surface area contributed by atoms with Crippen LogP contribution >= 0.6 is 12.6 Å². The van der Waals surface area contributed by atoms with E-state index in [0.29, 0.717) is 0 Å². The smallest absolute Gasteiger partial charge is 0.327 e. The predicted octanol–water partition coefficient (Wildman–Crippen LogP) is -2.80. The molecule has 11 nitrogen and oxygen atoms in total. The number of carbonyl (C=O) groups is 4. The van der Waals surface area contributed by atoms with Gasteiger partial charge in [0.25, 0.3) is 0 Å². The van der Waals surface area contributed by atoms with Gasteiger partial charge in [0.05, 0.1) is 12.7 Å². The minimum atomic E-state index is -1.45. The predicted molar refractivity (Wildman–Crippen MR) is 103 cm³/mol. The Hall–Kier alpha value is -1.89. The first-order valence-electron chi connectivity index (χ1n) is 8.73. The maximum absolute atomic E-state index is 12.6. The molecule has 0 aliphatic heterocycles. The van der Waals surface area contributed by atoms with Crippen LogP contribution in [0.2, 0.25) is 0 Å². The molecule has 0 heterocycles. The van der Waals surface area contributed by atoms with E-state index in [4.69, 9.17) is 15.9 Å². The number of nitrogens with two attached hydrogens (primary N) is 1. The summed E-state index contributed by atoms with van der Waals surface area (Å²) in [6.07, 6.45) is -1.13. The molecule has 0 saturated heterocycles. The van der Waals surface area contributed by atoms with Gasteiger partial charge in [-0.1, -0.05) is 13.8 Å². The fourth-order valence-corrected chi connectivity index (χ4v) is 2.42. The van der Waals surface area contributed by atoms with E-state index >= 15 is 0 Å². The average molecular weight is 423 g/mol. The third-order valence-electron chi connectivity index (χ3n) is 3.73. The Morgan fingerprint density at radius 3 is 1.89 bits per heavy atom. The molecular weight excluding hydrogens is 392 g/mol. The molecule has 28 heavy (non-hydrogen) atoms. The highest BCUT2D eigenvalue weighted by Crippen LogP contribution is 2.07. The molecule has 0 aliphatic carbocycles. The number of carbonyl (C=O) groups excluding carboxylic acids is 3. The molecule has 0 saturated carbocycles. The van der Waals surface area contributed by atoms with Gasteiger partial charge in [-0.15, -0.1) is 0 Å². The van der Waals surface area contributed by atoms with Crippen molar-refractivity contribution in [1.29, 1.82) is 0 Å². The number of aliphatic hydroxyl groups is 2. The molecule has 0 rings (SSSR count). The van der Waals surface area contributed by atoms with E-state index in [0.717, 1.165) is 0 Å². The van der Waals surface area contributed by atoms with E-state index in [1.165, 1.54) is 6.92 Å². The van der Waals surface area contributed by atoms with Crippen molar-refractivity contribution in [3.05, 3.63) is 0 Å². The van der Waals surface area contributed by atoms with Crippen LogP contribution in [0.25, 0.3) is 0 Å². The van der Waals surface area contributed by atoms with E-state index in [2.05, 4.69) is 28.6 Å². The molecule has 5 unspecified atom stereocenters. The molecule has 5 atom stereocenters. The summed E-state index contributed by atoms with van der Waals surface area (Å²) in [5, 5.41) is 34.7. The van der Waals surface area contributed by atoms with Crippen LogP contribution in [0, 0.1) is 5.92 Å². The van der Waals surface area contributed by atoms with Gasteiger partial charge in [0.2, 0.25) is 17.7 Å². The summed E-state index contributed by atoms with van der Waals surface area (Å²) in [7, 11) is 0. The van der Waals surface area contributed by atoms with Gasteiger partial charge in [-0.05, 0) is 19.3 Å². The third-order valence-corrected chi connectivity index (χ3v) is 4.10. The average Bonchev–Trinajstić information content (AvgIpc) is 2.61. The molecule has 0 aromatic heterocycles. The second-order valence-corrected chi connectivity index (χ2v) is 7.15. The number of hydrogen-bond donors (Lipinski definition) is 8. The lowest BCUT2D eigenvalue weighted by Gasteiger charge is -2.26. The molecule has 0 spiro atoms. The van der Waals surface area contributed by atoms with Crippen molar-refractivity contribution in [2.75, 3.05) is 12.4 Å². The van der Waals surface area contributed by atoms with Crippen LogP contribution in [0.1, 0.15) is 27.2 Å². The molecule has 0 aliphatic rings. The Labute approximate surface area is 168 Å². The molecule has 162 valence electrons. The summed E-state index contributed by atoms with van der Waals surface area (Å²) in [5.74, 6) is -3.94. The van der Waals surface area contributed by atoms with Gasteiger partial charge in [0.1, 0.15) is 24.2 Å². The van der Waals surface area contributed by atoms with Crippen molar-refractivity contribution >= 4 is 36.3 Å². The van der Waals surface area contributed by atoms with E-state index in [9.17, 15) is 24.3 Å². The van der Waals surface area contributed by atoms with Crippen molar-refractivity contribution in [2.45, 2.75) is 57.5 Å². The van der Waals surface area contributed by atoms with Crippen molar-refractivity contribution in [2.24, 2.45) is 11.7 Å². The van der Waals surface area contributed by atoms with Crippen LogP contribution in [0.15, 0.2) is 0 Å². The third kappa shape index (κ3) is 8.87. The number of nitrogens with one attached hydrogen (secondary N) is 3. The van der Waals surface area contributed by atoms with Gasteiger partial charge in [-0.2, -0.15) is 12.6 Å². The van der Waals surface area contributed by atoms with Crippen LogP contribution in [-0.4, -0.2) is 81.6 Å². The molecule has 0 aromatic carbocycles. The Bertz CT molecular complexity index is 559. The Kier molecular flexibility index (Phi) is 11.7. The number of hydrogen-bond acceptors (Lipinski definition) is 8. The Balaban J connectivity index is 5.30. The highest BCUT2D eigenvalue weighted by Gasteiger charge is 2.32. The first-order chi connectivity index (χ1) is 12.9. The second kappa shape index (κ2) is 12.5. The number of rotatable bonds is 12. The zero-order chi connectivity index (χ0) is 22.0. The standard InChI is InChI=1S/C16H30N4O7S/c1-7(2)4-10(18-13(23)9(17)5-21)14(24)20-12(8(3)22)15(25)19-11(6-28)16(26)27/h7-12,21-22,28H,4-6,17H2,1-3H3,(H,18,23)(H,19,25)(H,20,24)(H,26,27). The topological polar surface area (TPSA) is 191 Å². The van der Waals surface area contributed by atoms with E-state index < -0.39 is 60.6 Å². The van der Waals surface area contributed by atoms with Gasteiger partial charge >= 0.3 is 5.97 Å². The minimum absolute atomic E-state index is 0.0131. The van der Waals surface area contributed by atoms with Crippen molar-refractivity contribution in [3.63, 3.8) is 0 Å². The molecule has 12 heteroatoms. The lowest BCUT2D eigenvalue weighted by atomic mass is 10.0. The van der Waals surface area contributed by atoms with Crippen LogP contribution in [0.4, 0.5) is 0 Å².